The standard InChI is InChI=1S/C17H20O3/c1-8-7-19-13-6-17(4)12-5-11(12)9(2)15(17)16(14(8)13)20-10(3)18/h7,11-12,15-16H,2,5-6H2,1,3-4H3/t11-,12-,15-,16+,17+/m1/s1. The molecular formula is C17H20O3. The van der Waals surface area contributed by atoms with E-state index in [2.05, 4.69) is 13.5 Å². The summed E-state index contributed by atoms with van der Waals surface area (Å²) in [7, 11) is 0. The van der Waals surface area contributed by atoms with Gasteiger partial charge in [0.1, 0.15) is 11.9 Å². The van der Waals surface area contributed by atoms with E-state index in [1.807, 2.05) is 6.92 Å². The summed E-state index contributed by atoms with van der Waals surface area (Å²) in [5.41, 5.74) is 3.60. The lowest BCUT2D eigenvalue weighted by Gasteiger charge is -2.43. The summed E-state index contributed by atoms with van der Waals surface area (Å²) in [5.74, 6) is 2.36. The van der Waals surface area contributed by atoms with E-state index in [1.54, 1.807) is 6.26 Å². The van der Waals surface area contributed by atoms with Gasteiger partial charge in [0.15, 0.2) is 0 Å². The number of hydrogen-bond acceptors (Lipinski definition) is 3. The third kappa shape index (κ3) is 1.33. The molecule has 3 nitrogen and oxygen atoms in total. The smallest absolute Gasteiger partial charge is 0.303 e. The van der Waals surface area contributed by atoms with Gasteiger partial charge in [-0.05, 0) is 36.2 Å². The van der Waals surface area contributed by atoms with Gasteiger partial charge in [-0.15, -0.1) is 0 Å². The van der Waals surface area contributed by atoms with Crippen LogP contribution >= 0.6 is 0 Å². The van der Waals surface area contributed by atoms with Crippen LogP contribution in [0.1, 0.15) is 43.3 Å². The molecule has 5 atom stereocenters. The highest BCUT2D eigenvalue weighted by Crippen LogP contribution is 2.72. The first kappa shape index (κ1) is 12.2. The van der Waals surface area contributed by atoms with Gasteiger partial charge in [0, 0.05) is 24.8 Å². The third-order valence-electron chi connectivity index (χ3n) is 5.75. The van der Waals surface area contributed by atoms with Crippen LogP contribution in [0.5, 0.6) is 0 Å². The average Bonchev–Trinajstić information content (AvgIpc) is 3.03. The number of furan rings is 1. The fourth-order valence-electron chi connectivity index (χ4n) is 4.84. The Morgan fingerprint density at radius 3 is 3.00 bits per heavy atom. The number of rotatable bonds is 1. The molecule has 0 saturated heterocycles. The van der Waals surface area contributed by atoms with Gasteiger partial charge in [0.05, 0.1) is 6.26 Å². The first-order valence-corrected chi connectivity index (χ1v) is 7.36. The van der Waals surface area contributed by atoms with Crippen LogP contribution < -0.4 is 0 Å². The van der Waals surface area contributed by atoms with Crippen molar-refractivity contribution in [2.75, 3.05) is 0 Å². The minimum absolute atomic E-state index is 0.138. The van der Waals surface area contributed by atoms with Gasteiger partial charge >= 0.3 is 5.97 Å². The van der Waals surface area contributed by atoms with Gasteiger partial charge in [-0.2, -0.15) is 0 Å². The Balaban J connectivity index is 1.86. The normalized spacial score (nSPS) is 40.9. The molecule has 106 valence electrons. The maximum atomic E-state index is 11.6. The number of carbonyl (C=O) groups is 1. The van der Waals surface area contributed by atoms with E-state index in [1.165, 1.54) is 18.9 Å². The van der Waals surface area contributed by atoms with Gasteiger partial charge < -0.3 is 9.15 Å². The van der Waals surface area contributed by atoms with Gasteiger partial charge in [0.2, 0.25) is 0 Å². The molecule has 20 heavy (non-hydrogen) atoms. The second-order valence-electron chi connectivity index (χ2n) is 6.97. The predicted octanol–water partition coefficient (Wildman–Crippen LogP) is 3.58. The molecule has 0 spiro atoms. The Hall–Kier alpha value is -1.51. The van der Waals surface area contributed by atoms with Gasteiger partial charge in [-0.25, -0.2) is 0 Å². The van der Waals surface area contributed by atoms with E-state index < -0.39 is 0 Å². The third-order valence-corrected chi connectivity index (χ3v) is 5.75. The average molecular weight is 272 g/mol. The number of aryl methyl sites for hydroxylation is 1. The van der Waals surface area contributed by atoms with Crippen LogP contribution in [0.25, 0.3) is 0 Å². The molecule has 4 rings (SSSR count). The zero-order valence-electron chi connectivity index (χ0n) is 12.2. The fraction of sp³-hybridized carbons (Fsp3) is 0.588. The van der Waals surface area contributed by atoms with E-state index in [-0.39, 0.29) is 23.4 Å². The van der Waals surface area contributed by atoms with Crippen LogP contribution in [0.15, 0.2) is 22.8 Å². The molecule has 0 bridgehead atoms. The number of carbonyl (C=O) groups excluding carboxylic acids is 1. The molecule has 3 heteroatoms. The Labute approximate surface area is 119 Å². The van der Waals surface area contributed by atoms with E-state index in [0.717, 1.165) is 23.3 Å². The Bertz CT molecular complexity index is 626. The first-order chi connectivity index (χ1) is 9.43. The summed E-state index contributed by atoms with van der Waals surface area (Å²) in [6.07, 6.45) is 3.77. The summed E-state index contributed by atoms with van der Waals surface area (Å²) in [5, 5.41) is 0. The fourth-order valence-corrected chi connectivity index (χ4v) is 4.84. The van der Waals surface area contributed by atoms with Crippen molar-refractivity contribution in [2.45, 2.75) is 39.7 Å². The molecule has 2 saturated carbocycles. The molecule has 1 aromatic heterocycles. The van der Waals surface area contributed by atoms with Gasteiger partial charge in [-0.3, -0.25) is 4.79 Å². The summed E-state index contributed by atoms with van der Waals surface area (Å²) >= 11 is 0. The van der Waals surface area contributed by atoms with E-state index in [0.29, 0.717) is 11.8 Å². The first-order valence-electron chi connectivity index (χ1n) is 7.36. The van der Waals surface area contributed by atoms with Crippen molar-refractivity contribution in [2.24, 2.45) is 23.2 Å². The molecule has 0 N–H and O–H groups in total. The highest BCUT2D eigenvalue weighted by molar-refractivity contribution is 5.67. The monoisotopic (exact) mass is 272 g/mol. The second-order valence-corrected chi connectivity index (χ2v) is 6.97. The minimum atomic E-state index is -0.223. The van der Waals surface area contributed by atoms with Crippen molar-refractivity contribution in [3.63, 3.8) is 0 Å². The van der Waals surface area contributed by atoms with Crippen molar-refractivity contribution in [3.8, 4) is 0 Å². The summed E-state index contributed by atoms with van der Waals surface area (Å²) in [6.45, 7) is 10.2. The molecule has 3 aliphatic carbocycles. The topological polar surface area (TPSA) is 39.4 Å². The zero-order valence-corrected chi connectivity index (χ0v) is 12.2. The van der Waals surface area contributed by atoms with E-state index in [4.69, 9.17) is 9.15 Å². The van der Waals surface area contributed by atoms with E-state index >= 15 is 0 Å². The van der Waals surface area contributed by atoms with Gasteiger partial charge in [-0.1, -0.05) is 19.1 Å². The number of fused-ring (bicyclic) bond motifs is 4. The molecule has 1 heterocycles. The Kier molecular flexibility index (Phi) is 2.19. The van der Waals surface area contributed by atoms with Crippen molar-refractivity contribution in [1.82, 2.24) is 0 Å². The minimum Gasteiger partial charge on any atom is -0.469 e. The lowest BCUT2D eigenvalue weighted by molar-refractivity contribution is -0.152. The lowest BCUT2D eigenvalue weighted by Crippen LogP contribution is -2.39. The number of esters is 1. The van der Waals surface area contributed by atoms with Crippen molar-refractivity contribution >= 4 is 5.97 Å². The maximum Gasteiger partial charge on any atom is 0.303 e. The SMILES string of the molecule is C=C1[C@H]2C[C@H]2[C@]2(C)Cc3occ(C)c3[C@H](OC(C)=O)[C@@H]12. The van der Waals surface area contributed by atoms with Crippen LogP contribution in [0.4, 0.5) is 0 Å². The molecular weight excluding hydrogens is 252 g/mol. The largest absolute Gasteiger partial charge is 0.469 e. The lowest BCUT2D eigenvalue weighted by atomic mass is 9.64. The van der Waals surface area contributed by atoms with Crippen molar-refractivity contribution in [1.29, 1.82) is 0 Å². The van der Waals surface area contributed by atoms with Crippen LogP contribution in [0, 0.1) is 30.1 Å². The van der Waals surface area contributed by atoms with Crippen molar-refractivity contribution in [3.05, 3.63) is 35.3 Å². The quantitative estimate of drug-likeness (QED) is 0.579. The molecule has 0 unspecified atom stereocenters. The Morgan fingerprint density at radius 1 is 1.55 bits per heavy atom. The Morgan fingerprint density at radius 2 is 2.30 bits per heavy atom. The van der Waals surface area contributed by atoms with Crippen LogP contribution in [0.3, 0.4) is 0 Å². The number of hydrogen-bond donors (Lipinski definition) is 0. The van der Waals surface area contributed by atoms with Crippen molar-refractivity contribution < 1.29 is 13.9 Å². The maximum absolute atomic E-state index is 11.6. The van der Waals surface area contributed by atoms with Crippen LogP contribution in [0.2, 0.25) is 0 Å². The molecule has 0 aliphatic heterocycles. The van der Waals surface area contributed by atoms with Crippen LogP contribution in [-0.2, 0) is 16.0 Å². The number of ether oxygens (including phenoxy) is 1. The van der Waals surface area contributed by atoms with E-state index in [9.17, 15) is 4.79 Å². The summed E-state index contributed by atoms with van der Waals surface area (Å²) in [4.78, 5) is 11.6. The molecule has 1 aromatic rings. The molecule has 0 aromatic carbocycles. The highest BCUT2D eigenvalue weighted by Gasteiger charge is 2.67. The second kappa shape index (κ2) is 3.57. The highest BCUT2D eigenvalue weighted by atomic mass is 16.5. The molecule has 0 radical (unpaired) electrons. The summed E-state index contributed by atoms with van der Waals surface area (Å²) in [6, 6.07) is 0. The molecule has 3 aliphatic rings. The summed E-state index contributed by atoms with van der Waals surface area (Å²) < 4.78 is 11.5. The molecule has 2 fully saturated rings. The van der Waals surface area contributed by atoms with Gasteiger partial charge in [0.25, 0.3) is 0 Å². The van der Waals surface area contributed by atoms with Crippen LogP contribution in [-0.4, -0.2) is 5.97 Å². The molecule has 0 amide bonds. The predicted molar refractivity (Wildman–Crippen MR) is 74.0 cm³/mol. The zero-order chi connectivity index (χ0) is 14.2.